The number of carbonyl (C=O) groups is 2. The van der Waals surface area contributed by atoms with E-state index in [2.05, 4.69) is 5.32 Å². The van der Waals surface area contributed by atoms with Gasteiger partial charge in [-0.1, -0.05) is 19.3 Å². The van der Waals surface area contributed by atoms with Gasteiger partial charge in [0.25, 0.3) is 5.69 Å². The molecule has 0 saturated heterocycles. The number of carbonyl (C=O) groups excluding carboxylic acids is 2. The first-order chi connectivity index (χ1) is 12.5. The van der Waals surface area contributed by atoms with Crippen LogP contribution < -0.4 is 10.2 Å². The number of hydrogen-bond acceptors (Lipinski definition) is 4. The first kappa shape index (κ1) is 20.2. The number of rotatable bonds is 8. The van der Waals surface area contributed by atoms with Gasteiger partial charge in [0.05, 0.1) is 4.92 Å². The van der Waals surface area contributed by atoms with E-state index in [-0.39, 0.29) is 29.4 Å². The molecule has 1 aromatic rings. The number of alkyl halides is 1. The number of nitro benzene ring substituents is 1. The molecule has 0 aliphatic heterocycles. The summed E-state index contributed by atoms with van der Waals surface area (Å²) < 4.78 is 0. The molecule has 0 aromatic heterocycles. The molecule has 0 bridgehead atoms. The Morgan fingerprint density at radius 1 is 1.19 bits per heavy atom. The highest BCUT2D eigenvalue weighted by Gasteiger charge is 2.18. The summed E-state index contributed by atoms with van der Waals surface area (Å²) >= 11 is 5.67. The smallest absolute Gasteiger partial charge is 0.269 e. The number of nitrogens with zero attached hydrogens (tertiary/aromatic N) is 2. The third kappa shape index (κ3) is 5.98. The lowest BCUT2D eigenvalue weighted by Crippen LogP contribution is -2.37. The zero-order chi connectivity index (χ0) is 18.9. The standard InChI is InChI=1S/C18H24ClN3O4/c19-13-18(24)21(15-8-10-16(11-9-15)22(25)26)12-4-7-17(23)20-14-5-2-1-3-6-14/h8-11,14H,1-7,12-13H2,(H,20,23). The summed E-state index contributed by atoms with van der Waals surface area (Å²) in [6.45, 7) is 0.335. The summed E-state index contributed by atoms with van der Waals surface area (Å²) in [7, 11) is 0. The fraction of sp³-hybridized carbons (Fsp3) is 0.556. The molecule has 2 rings (SSSR count). The van der Waals surface area contributed by atoms with Crippen molar-refractivity contribution in [2.24, 2.45) is 0 Å². The molecule has 2 amide bonds. The van der Waals surface area contributed by atoms with Crippen molar-refractivity contribution in [3.8, 4) is 0 Å². The molecule has 0 spiro atoms. The molecule has 1 aromatic carbocycles. The molecule has 1 aliphatic carbocycles. The molecule has 26 heavy (non-hydrogen) atoms. The molecule has 0 heterocycles. The van der Waals surface area contributed by atoms with Crippen LogP contribution in [0.4, 0.5) is 11.4 Å². The maximum atomic E-state index is 12.1. The number of non-ortho nitro benzene ring substituents is 1. The number of halogens is 1. The number of anilines is 1. The van der Waals surface area contributed by atoms with Gasteiger partial charge in [-0.15, -0.1) is 11.6 Å². The van der Waals surface area contributed by atoms with E-state index in [4.69, 9.17) is 11.6 Å². The molecule has 0 radical (unpaired) electrons. The van der Waals surface area contributed by atoms with Gasteiger partial charge in [0.1, 0.15) is 5.88 Å². The highest BCUT2D eigenvalue weighted by Crippen LogP contribution is 2.21. The Kier molecular flexibility index (Phi) is 7.84. The minimum Gasteiger partial charge on any atom is -0.353 e. The summed E-state index contributed by atoms with van der Waals surface area (Å²) in [6.07, 6.45) is 6.44. The van der Waals surface area contributed by atoms with Crippen molar-refractivity contribution in [3.63, 3.8) is 0 Å². The molecule has 0 unspecified atom stereocenters. The van der Waals surface area contributed by atoms with Crippen LogP contribution in [0.3, 0.4) is 0 Å². The molecule has 8 heteroatoms. The minimum absolute atomic E-state index is 0.00104. The second-order valence-corrected chi connectivity index (χ2v) is 6.73. The molecular formula is C18H24ClN3O4. The van der Waals surface area contributed by atoms with E-state index in [0.29, 0.717) is 25.1 Å². The summed E-state index contributed by atoms with van der Waals surface area (Å²) in [4.78, 5) is 35.9. The van der Waals surface area contributed by atoms with Gasteiger partial charge in [-0.05, 0) is 31.4 Å². The van der Waals surface area contributed by atoms with E-state index in [1.807, 2.05) is 0 Å². The lowest BCUT2D eigenvalue weighted by Gasteiger charge is -2.24. The van der Waals surface area contributed by atoms with Crippen molar-refractivity contribution in [2.75, 3.05) is 17.3 Å². The second-order valence-electron chi connectivity index (χ2n) is 6.46. The molecular weight excluding hydrogens is 358 g/mol. The minimum atomic E-state index is -0.493. The van der Waals surface area contributed by atoms with E-state index in [0.717, 1.165) is 25.7 Å². The Morgan fingerprint density at radius 3 is 2.42 bits per heavy atom. The maximum absolute atomic E-state index is 12.1. The predicted molar refractivity (Wildman–Crippen MR) is 100 cm³/mol. The maximum Gasteiger partial charge on any atom is 0.269 e. The van der Waals surface area contributed by atoms with Gasteiger partial charge in [-0.2, -0.15) is 0 Å². The summed E-state index contributed by atoms with van der Waals surface area (Å²) in [5, 5.41) is 13.8. The Balaban J connectivity index is 1.88. The Bertz CT molecular complexity index is 630. The van der Waals surface area contributed by atoms with Crippen molar-refractivity contribution in [2.45, 2.75) is 51.0 Å². The fourth-order valence-electron chi connectivity index (χ4n) is 3.17. The van der Waals surface area contributed by atoms with Crippen molar-refractivity contribution in [1.82, 2.24) is 5.32 Å². The Morgan fingerprint density at radius 2 is 1.85 bits per heavy atom. The third-order valence-corrected chi connectivity index (χ3v) is 4.77. The van der Waals surface area contributed by atoms with Crippen molar-refractivity contribution in [1.29, 1.82) is 0 Å². The van der Waals surface area contributed by atoms with E-state index in [9.17, 15) is 19.7 Å². The SMILES string of the molecule is O=C(CCCN(C(=O)CCl)c1ccc([N+](=O)[O-])cc1)NC1CCCCC1. The number of nitrogens with one attached hydrogen (secondary N) is 1. The van der Waals surface area contributed by atoms with Gasteiger partial charge in [0.15, 0.2) is 0 Å². The quantitative estimate of drug-likeness (QED) is 0.424. The van der Waals surface area contributed by atoms with Crippen LogP contribution in [0.15, 0.2) is 24.3 Å². The van der Waals surface area contributed by atoms with Crippen LogP contribution in [0.5, 0.6) is 0 Å². The van der Waals surface area contributed by atoms with E-state index >= 15 is 0 Å². The molecule has 0 atom stereocenters. The van der Waals surface area contributed by atoms with E-state index < -0.39 is 4.92 Å². The van der Waals surface area contributed by atoms with Crippen molar-refractivity contribution < 1.29 is 14.5 Å². The second kappa shape index (κ2) is 10.1. The van der Waals surface area contributed by atoms with Crippen LogP contribution in [0.25, 0.3) is 0 Å². The first-order valence-electron chi connectivity index (χ1n) is 8.91. The lowest BCUT2D eigenvalue weighted by molar-refractivity contribution is -0.384. The molecule has 1 saturated carbocycles. The summed E-state index contributed by atoms with van der Waals surface area (Å²) in [6, 6.07) is 6.00. The predicted octanol–water partition coefficient (Wildman–Crippen LogP) is 3.40. The molecule has 142 valence electrons. The summed E-state index contributed by atoms with van der Waals surface area (Å²) in [5.41, 5.74) is 0.493. The van der Waals surface area contributed by atoms with Crippen LogP contribution in [0, 0.1) is 10.1 Å². The molecule has 1 N–H and O–H groups in total. The average molecular weight is 382 g/mol. The van der Waals surface area contributed by atoms with Gasteiger partial charge in [0.2, 0.25) is 11.8 Å². The van der Waals surface area contributed by atoms with Gasteiger partial charge >= 0.3 is 0 Å². The van der Waals surface area contributed by atoms with Crippen molar-refractivity contribution in [3.05, 3.63) is 34.4 Å². The zero-order valence-corrected chi connectivity index (χ0v) is 15.4. The Labute approximate surface area is 157 Å². The average Bonchev–Trinajstić information content (AvgIpc) is 2.65. The molecule has 7 nitrogen and oxygen atoms in total. The van der Waals surface area contributed by atoms with Gasteiger partial charge in [0, 0.05) is 36.8 Å². The van der Waals surface area contributed by atoms with E-state index in [1.54, 1.807) is 0 Å². The molecule has 1 aliphatic rings. The van der Waals surface area contributed by atoms with E-state index in [1.165, 1.54) is 35.6 Å². The van der Waals surface area contributed by atoms with Crippen molar-refractivity contribution >= 4 is 34.8 Å². The largest absolute Gasteiger partial charge is 0.353 e. The summed E-state index contributed by atoms with van der Waals surface area (Å²) in [5.74, 6) is -0.488. The van der Waals surface area contributed by atoms with Crippen LogP contribution in [0.2, 0.25) is 0 Å². The van der Waals surface area contributed by atoms with Crippen LogP contribution in [0.1, 0.15) is 44.9 Å². The van der Waals surface area contributed by atoms with Gasteiger partial charge in [-0.25, -0.2) is 0 Å². The first-order valence-corrected chi connectivity index (χ1v) is 9.45. The Hall–Kier alpha value is -2.15. The lowest BCUT2D eigenvalue weighted by atomic mass is 9.95. The van der Waals surface area contributed by atoms with Crippen LogP contribution in [-0.4, -0.2) is 35.2 Å². The number of nitro groups is 1. The van der Waals surface area contributed by atoms with Crippen LogP contribution >= 0.6 is 11.6 Å². The third-order valence-electron chi connectivity index (χ3n) is 4.54. The normalized spacial score (nSPS) is 14.7. The highest BCUT2D eigenvalue weighted by molar-refractivity contribution is 6.29. The molecule has 1 fully saturated rings. The van der Waals surface area contributed by atoms with Gasteiger partial charge in [-0.3, -0.25) is 19.7 Å². The van der Waals surface area contributed by atoms with Crippen LogP contribution in [-0.2, 0) is 9.59 Å². The highest BCUT2D eigenvalue weighted by atomic mass is 35.5. The topological polar surface area (TPSA) is 92.5 Å². The van der Waals surface area contributed by atoms with Gasteiger partial charge < -0.3 is 10.2 Å². The number of hydrogen-bond donors (Lipinski definition) is 1. The number of benzene rings is 1. The number of amides is 2. The fourth-order valence-corrected chi connectivity index (χ4v) is 3.31. The zero-order valence-electron chi connectivity index (χ0n) is 14.7. The monoisotopic (exact) mass is 381 g/mol.